The molecule has 1 heterocycles. The van der Waals surface area contributed by atoms with Gasteiger partial charge in [-0.3, -0.25) is 19.2 Å². The average Bonchev–Trinajstić information content (AvgIpc) is 2.52. The predicted molar refractivity (Wildman–Crippen MR) is 83.3 cm³/mol. The van der Waals surface area contributed by atoms with Gasteiger partial charge >= 0.3 is 5.97 Å². The molecule has 23 heavy (non-hydrogen) atoms. The third kappa shape index (κ3) is 2.70. The van der Waals surface area contributed by atoms with Gasteiger partial charge in [0, 0.05) is 10.5 Å². The van der Waals surface area contributed by atoms with Gasteiger partial charge in [0.25, 0.3) is 0 Å². The summed E-state index contributed by atoms with van der Waals surface area (Å²) in [4.78, 5) is 47.9. The smallest absolute Gasteiger partial charge is 0.322 e. The van der Waals surface area contributed by atoms with Crippen molar-refractivity contribution in [1.29, 1.82) is 0 Å². The van der Waals surface area contributed by atoms with E-state index in [9.17, 15) is 19.2 Å². The highest BCUT2D eigenvalue weighted by molar-refractivity contribution is 8.14. The number of benzene rings is 2. The van der Waals surface area contributed by atoms with Gasteiger partial charge in [-0.05, 0) is 28.6 Å². The summed E-state index contributed by atoms with van der Waals surface area (Å²) in [7, 11) is 0. The minimum absolute atomic E-state index is 0.336. The molecule has 1 unspecified atom stereocenters. The molecule has 2 N–H and O–H groups in total. The largest absolute Gasteiger partial charge is 0.480 e. The highest BCUT2D eigenvalue weighted by Crippen LogP contribution is 2.38. The first-order valence-corrected chi connectivity index (χ1v) is 7.58. The summed E-state index contributed by atoms with van der Waals surface area (Å²) >= 11 is 0.833. The Balaban J connectivity index is 2.03. The van der Waals surface area contributed by atoms with Gasteiger partial charge in [0.05, 0.1) is 0 Å². The van der Waals surface area contributed by atoms with Crippen LogP contribution in [-0.4, -0.2) is 34.4 Å². The van der Waals surface area contributed by atoms with Gasteiger partial charge < -0.3 is 10.4 Å². The summed E-state index contributed by atoms with van der Waals surface area (Å²) in [5.41, 5.74) is 0.336. The Hall–Kier alpha value is -2.67. The predicted octanol–water partition coefficient (Wildman–Crippen LogP) is 1.47. The molecule has 1 aliphatic heterocycles. The highest BCUT2D eigenvalue weighted by atomic mass is 32.2. The van der Waals surface area contributed by atoms with Crippen LogP contribution in [0.2, 0.25) is 0 Å². The number of thioether (sulfide) groups is 1. The van der Waals surface area contributed by atoms with E-state index in [-0.39, 0.29) is 0 Å². The Bertz CT molecular complexity index is 861. The van der Waals surface area contributed by atoms with Crippen molar-refractivity contribution in [3.63, 3.8) is 0 Å². The molecule has 0 spiro atoms. The van der Waals surface area contributed by atoms with Crippen molar-refractivity contribution in [3.05, 3.63) is 42.0 Å². The maximum Gasteiger partial charge on any atom is 0.322 e. The lowest BCUT2D eigenvalue weighted by Gasteiger charge is -2.22. The van der Waals surface area contributed by atoms with Crippen LogP contribution in [0.4, 0.5) is 0 Å². The molecule has 0 saturated heterocycles. The molecule has 3 rings (SSSR count). The molecule has 2 aromatic rings. The molecular formula is C16H11NO5S. The van der Waals surface area contributed by atoms with E-state index in [1.54, 1.807) is 18.2 Å². The second-order valence-electron chi connectivity index (χ2n) is 4.99. The third-order valence-electron chi connectivity index (χ3n) is 3.52. The summed E-state index contributed by atoms with van der Waals surface area (Å²) in [5.74, 6) is -4.23. The molecule has 1 aliphatic rings. The lowest BCUT2D eigenvalue weighted by atomic mass is 9.93. The monoisotopic (exact) mass is 329 g/mol. The topological polar surface area (TPSA) is 101 Å². The van der Waals surface area contributed by atoms with E-state index < -0.39 is 35.2 Å². The van der Waals surface area contributed by atoms with E-state index in [0.717, 1.165) is 17.1 Å². The van der Waals surface area contributed by atoms with Gasteiger partial charge in [-0.1, -0.05) is 30.3 Å². The number of carboxylic acids is 1. The first kappa shape index (κ1) is 15.2. The fourth-order valence-electron chi connectivity index (χ4n) is 2.50. The second kappa shape index (κ2) is 5.85. The van der Waals surface area contributed by atoms with Gasteiger partial charge in [-0.15, -0.1) is 0 Å². The molecule has 1 atom stereocenters. The molecule has 7 heteroatoms. The number of fused-ring (bicyclic) bond motifs is 3. The number of carbonyl (C=O) groups is 4. The zero-order chi connectivity index (χ0) is 16.6. The lowest BCUT2D eigenvalue weighted by molar-refractivity contribution is -0.139. The maximum absolute atomic E-state index is 12.7. The molecule has 116 valence electrons. The average molecular weight is 329 g/mol. The first-order valence-electron chi connectivity index (χ1n) is 6.76. The Labute approximate surface area is 134 Å². The molecule has 2 aromatic carbocycles. The van der Waals surface area contributed by atoms with Crippen LogP contribution >= 0.6 is 11.8 Å². The van der Waals surface area contributed by atoms with Crippen LogP contribution in [0.25, 0.3) is 10.8 Å². The van der Waals surface area contributed by atoms with Gasteiger partial charge in [-0.2, -0.15) is 0 Å². The third-order valence-corrected chi connectivity index (χ3v) is 4.52. The number of Topliss-reactive ketones (excluding diaryl/α,β-unsaturated/α-hetero) is 1. The molecule has 0 radical (unpaired) electrons. The number of rotatable bonds is 3. The van der Waals surface area contributed by atoms with Crippen molar-refractivity contribution < 1.29 is 24.3 Å². The van der Waals surface area contributed by atoms with E-state index in [1.807, 2.05) is 18.2 Å². The summed E-state index contributed by atoms with van der Waals surface area (Å²) in [5, 5.41) is 11.6. The number of aliphatic carboxylic acids is 1. The summed E-state index contributed by atoms with van der Waals surface area (Å²) in [6.07, 6.45) is 0. The van der Waals surface area contributed by atoms with Crippen LogP contribution in [0.1, 0.15) is 10.4 Å². The Morgan fingerprint density at radius 2 is 1.87 bits per heavy atom. The number of amides is 1. The zero-order valence-corrected chi connectivity index (χ0v) is 12.6. The van der Waals surface area contributed by atoms with Crippen LogP contribution < -0.4 is 5.32 Å². The van der Waals surface area contributed by atoms with E-state index in [0.29, 0.717) is 15.8 Å². The van der Waals surface area contributed by atoms with Crippen molar-refractivity contribution in [2.45, 2.75) is 4.90 Å². The summed E-state index contributed by atoms with van der Waals surface area (Å²) in [6.45, 7) is -0.636. The first-order chi connectivity index (χ1) is 11.0. The SMILES string of the molecule is O=C(O)CNC(=O)C1C(=O)Sc2ccc3ccccc3c2C1=O. The molecular weight excluding hydrogens is 318 g/mol. The van der Waals surface area contributed by atoms with E-state index >= 15 is 0 Å². The van der Waals surface area contributed by atoms with Crippen molar-refractivity contribution in [2.75, 3.05) is 6.54 Å². The fraction of sp³-hybridized carbons (Fsp3) is 0.125. The maximum atomic E-state index is 12.7. The minimum Gasteiger partial charge on any atom is -0.480 e. The molecule has 0 aromatic heterocycles. The molecule has 0 saturated carbocycles. The summed E-state index contributed by atoms with van der Waals surface area (Å²) in [6, 6.07) is 10.7. The number of ketones is 1. The Morgan fingerprint density at radius 3 is 2.61 bits per heavy atom. The lowest BCUT2D eigenvalue weighted by Crippen LogP contribution is -2.43. The fourth-order valence-corrected chi connectivity index (χ4v) is 3.50. The number of nitrogens with one attached hydrogen (secondary N) is 1. The van der Waals surface area contributed by atoms with Crippen molar-refractivity contribution >= 4 is 45.3 Å². The van der Waals surface area contributed by atoms with Crippen molar-refractivity contribution in [1.82, 2.24) is 5.32 Å². The normalized spacial score (nSPS) is 17.0. The van der Waals surface area contributed by atoms with Crippen molar-refractivity contribution in [2.24, 2.45) is 5.92 Å². The van der Waals surface area contributed by atoms with Gasteiger partial charge in [0.1, 0.15) is 6.54 Å². The quantitative estimate of drug-likeness (QED) is 0.827. The minimum atomic E-state index is -1.52. The van der Waals surface area contributed by atoms with Gasteiger partial charge in [0.2, 0.25) is 11.0 Å². The van der Waals surface area contributed by atoms with Crippen LogP contribution in [0.15, 0.2) is 41.3 Å². The zero-order valence-electron chi connectivity index (χ0n) is 11.7. The van der Waals surface area contributed by atoms with E-state index in [4.69, 9.17) is 5.11 Å². The van der Waals surface area contributed by atoms with E-state index in [1.165, 1.54) is 0 Å². The van der Waals surface area contributed by atoms with Crippen LogP contribution in [-0.2, 0) is 14.4 Å². The number of carbonyl (C=O) groups excluding carboxylic acids is 3. The second-order valence-corrected chi connectivity index (χ2v) is 6.04. The van der Waals surface area contributed by atoms with E-state index in [2.05, 4.69) is 5.32 Å². The molecule has 0 aliphatic carbocycles. The van der Waals surface area contributed by atoms with Crippen LogP contribution in [0.5, 0.6) is 0 Å². The standard InChI is InChI=1S/C16H11NO5S/c18-11(19)7-17-15(21)13-14(20)12-9-4-2-1-3-8(9)5-6-10(12)23-16(13)22/h1-6,13H,7H2,(H,17,21)(H,18,19). The number of hydrogen-bond donors (Lipinski definition) is 2. The Kier molecular flexibility index (Phi) is 3.87. The van der Waals surface area contributed by atoms with Gasteiger partial charge in [-0.25, -0.2) is 0 Å². The molecule has 0 fully saturated rings. The number of carboxylic acid groups (broad SMARTS) is 1. The van der Waals surface area contributed by atoms with Crippen LogP contribution in [0, 0.1) is 5.92 Å². The molecule has 0 bridgehead atoms. The van der Waals surface area contributed by atoms with Gasteiger partial charge in [0.15, 0.2) is 11.7 Å². The van der Waals surface area contributed by atoms with Crippen molar-refractivity contribution in [3.8, 4) is 0 Å². The summed E-state index contributed by atoms with van der Waals surface area (Å²) < 4.78 is 0. The molecule has 6 nitrogen and oxygen atoms in total. The Morgan fingerprint density at radius 1 is 1.13 bits per heavy atom. The molecule has 1 amide bonds. The highest BCUT2D eigenvalue weighted by Gasteiger charge is 2.41. The number of hydrogen-bond acceptors (Lipinski definition) is 5. The van der Waals surface area contributed by atoms with Crippen LogP contribution in [0.3, 0.4) is 0 Å².